The Labute approximate surface area is 126 Å². The van der Waals surface area contributed by atoms with Crippen molar-refractivity contribution in [2.45, 2.75) is 32.1 Å². The van der Waals surface area contributed by atoms with Gasteiger partial charge in [0, 0.05) is 37.6 Å². The number of nitrogens with one attached hydrogen (secondary N) is 1. The fourth-order valence-electron chi connectivity index (χ4n) is 3.21. The summed E-state index contributed by atoms with van der Waals surface area (Å²) in [7, 11) is 0. The molecule has 1 saturated heterocycles. The van der Waals surface area contributed by atoms with Crippen LogP contribution in [0.3, 0.4) is 0 Å². The van der Waals surface area contributed by atoms with Crippen LogP contribution in [-0.2, 0) is 0 Å². The first-order chi connectivity index (χ1) is 10.3. The Morgan fingerprint density at radius 2 is 2.05 bits per heavy atom. The second-order valence-corrected chi connectivity index (χ2v) is 6.49. The lowest BCUT2D eigenvalue weighted by Gasteiger charge is -2.32. The third-order valence-corrected chi connectivity index (χ3v) is 4.60. The van der Waals surface area contributed by atoms with Crippen LogP contribution in [0.1, 0.15) is 42.5 Å². The monoisotopic (exact) mass is 287 g/mol. The maximum absolute atomic E-state index is 12.0. The van der Waals surface area contributed by atoms with Crippen LogP contribution in [0.4, 0.5) is 0 Å². The van der Waals surface area contributed by atoms with Crippen LogP contribution in [-0.4, -0.2) is 42.0 Å². The summed E-state index contributed by atoms with van der Waals surface area (Å²) in [6.07, 6.45) is 9.91. The number of rotatable bonds is 6. The van der Waals surface area contributed by atoms with Gasteiger partial charge in [-0.2, -0.15) is 0 Å². The summed E-state index contributed by atoms with van der Waals surface area (Å²) in [6.45, 7) is 4.58. The predicted octanol–water partition coefficient (Wildman–Crippen LogP) is 2.32. The summed E-state index contributed by atoms with van der Waals surface area (Å²) in [6, 6.07) is 3.51. The van der Waals surface area contributed by atoms with Gasteiger partial charge in [0.2, 0.25) is 0 Å². The van der Waals surface area contributed by atoms with Gasteiger partial charge in [-0.15, -0.1) is 0 Å². The molecule has 21 heavy (non-hydrogen) atoms. The Morgan fingerprint density at radius 1 is 1.24 bits per heavy atom. The van der Waals surface area contributed by atoms with Crippen molar-refractivity contribution in [2.24, 2.45) is 11.8 Å². The third-order valence-electron chi connectivity index (χ3n) is 4.60. The van der Waals surface area contributed by atoms with E-state index in [0.29, 0.717) is 5.56 Å². The van der Waals surface area contributed by atoms with Gasteiger partial charge in [0.25, 0.3) is 5.91 Å². The summed E-state index contributed by atoms with van der Waals surface area (Å²) >= 11 is 0. The molecule has 4 nitrogen and oxygen atoms in total. The quantitative estimate of drug-likeness (QED) is 0.873. The fraction of sp³-hybridized carbons (Fsp3) is 0.647. The van der Waals surface area contributed by atoms with Crippen molar-refractivity contribution in [3.05, 3.63) is 30.1 Å². The lowest BCUT2D eigenvalue weighted by Crippen LogP contribution is -2.38. The highest BCUT2D eigenvalue weighted by Crippen LogP contribution is 2.31. The molecule has 0 radical (unpaired) electrons. The molecule has 1 aliphatic heterocycles. The van der Waals surface area contributed by atoms with Gasteiger partial charge in [-0.05, 0) is 62.6 Å². The Morgan fingerprint density at radius 3 is 2.81 bits per heavy atom. The topological polar surface area (TPSA) is 45.2 Å². The number of piperidine rings is 1. The molecule has 4 heteroatoms. The Hall–Kier alpha value is -1.42. The number of carbonyl (C=O) groups is 1. The first-order valence-electron chi connectivity index (χ1n) is 8.22. The van der Waals surface area contributed by atoms with Crippen LogP contribution in [0.25, 0.3) is 0 Å². The standard InChI is InChI=1S/C17H25N3O/c21-17(16-6-8-18-9-7-16)19-10-5-14-2-1-11-20(12-14)13-15-3-4-15/h6-9,14-15H,1-5,10-13H2,(H,19,21)/t14-/m1/s1. The minimum absolute atomic E-state index is 0.0167. The number of nitrogens with zero attached hydrogens (tertiary/aromatic N) is 2. The van der Waals surface area contributed by atoms with E-state index in [0.717, 1.165) is 24.8 Å². The Kier molecular flexibility index (Phi) is 4.86. The zero-order valence-electron chi connectivity index (χ0n) is 12.6. The Balaban J connectivity index is 1.37. The zero-order valence-corrected chi connectivity index (χ0v) is 12.6. The van der Waals surface area contributed by atoms with E-state index in [2.05, 4.69) is 15.2 Å². The molecular formula is C17H25N3O. The molecule has 0 bridgehead atoms. The maximum Gasteiger partial charge on any atom is 0.251 e. The van der Waals surface area contributed by atoms with Crippen LogP contribution < -0.4 is 5.32 Å². The van der Waals surface area contributed by atoms with Gasteiger partial charge < -0.3 is 10.2 Å². The highest BCUT2D eigenvalue weighted by Gasteiger charge is 2.27. The van der Waals surface area contributed by atoms with Gasteiger partial charge in [-0.25, -0.2) is 0 Å². The maximum atomic E-state index is 12.0. The van der Waals surface area contributed by atoms with Gasteiger partial charge >= 0.3 is 0 Å². The molecule has 1 amide bonds. The number of aromatic nitrogens is 1. The number of pyridine rings is 1. The number of hydrogen-bond donors (Lipinski definition) is 1. The van der Waals surface area contributed by atoms with Gasteiger partial charge in [-0.1, -0.05) is 0 Å². The smallest absolute Gasteiger partial charge is 0.251 e. The van der Waals surface area contributed by atoms with Crippen molar-refractivity contribution < 1.29 is 4.79 Å². The third kappa shape index (κ3) is 4.53. The van der Waals surface area contributed by atoms with Gasteiger partial charge in [0.05, 0.1) is 0 Å². The van der Waals surface area contributed by atoms with Crippen molar-refractivity contribution in [1.82, 2.24) is 15.2 Å². The molecule has 2 fully saturated rings. The number of likely N-dealkylation sites (tertiary alicyclic amines) is 1. The molecule has 0 unspecified atom stereocenters. The van der Waals surface area contributed by atoms with E-state index in [1.807, 2.05) is 0 Å². The van der Waals surface area contributed by atoms with E-state index in [4.69, 9.17) is 0 Å². The molecule has 1 aromatic heterocycles. The van der Waals surface area contributed by atoms with E-state index < -0.39 is 0 Å². The molecular weight excluding hydrogens is 262 g/mol. The van der Waals surface area contributed by atoms with E-state index in [1.165, 1.54) is 45.3 Å². The van der Waals surface area contributed by atoms with Gasteiger partial charge in [0.1, 0.15) is 0 Å². The van der Waals surface area contributed by atoms with Gasteiger partial charge in [0.15, 0.2) is 0 Å². The summed E-state index contributed by atoms with van der Waals surface area (Å²) in [5, 5.41) is 3.03. The molecule has 1 atom stereocenters. The average molecular weight is 287 g/mol. The number of carbonyl (C=O) groups excluding carboxylic acids is 1. The molecule has 114 valence electrons. The molecule has 2 heterocycles. The van der Waals surface area contributed by atoms with Crippen molar-refractivity contribution in [1.29, 1.82) is 0 Å². The lowest BCUT2D eigenvalue weighted by molar-refractivity contribution is 0.0946. The predicted molar refractivity (Wildman–Crippen MR) is 83.1 cm³/mol. The largest absolute Gasteiger partial charge is 0.352 e. The van der Waals surface area contributed by atoms with Crippen molar-refractivity contribution in [3.63, 3.8) is 0 Å². The van der Waals surface area contributed by atoms with Crippen molar-refractivity contribution in [2.75, 3.05) is 26.2 Å². The zero-order chi connectivity index (χ0) is 14.5. The summed E-state index contributed by atoms with van der Waals surface area (Å²) in [4.78, 5) is 18.5. The summed E-state index contributed by atoms with van der Waals surface area (Å²) in [5.41, 5.74) is 0.698. The van der Waals surface area contributed by atoms with Crippen LogP contribution in [0.2, 0.25) is 0 Å². The molecule has 0 spiro atoms. The number of hydrogen-bond acceptors (Lipinski definition) is 3. The van der Waals surface area contributed by atoms with Crippen LogP contribution >= 0.6 is 0 Å². The second kappa shape index (κ2) is 7.03. The van der Waals surface area contributed by atoms with E-state index in [9.17, 15) is 4.79 Å². The first-order valence-corrected chi connectivity index (χ1v) is 8.22. The van der Waals surface area contributed by atoms with E-state index in [1.54, 1.807) is 24.5 Å². The minimum atomic E-state index is 0.0167. The van der Waals surface area contributed by atoms with Crippen molar-refractivity contribution >= 4 is 5.91 Å². The van der Waals surface area contributed by atoms with E-state index in [-0.39, 0.29) is 5.91 Å². The summed E-state index contributed by atoms with van der Waals surface area (Å²) < 4.78 is 0. The molecule has 1 saturated carbocycles. The molecule has 3 rings (SSSR count). The van der Waals surface area contributed by atoms with E-state index >= 15 is 0 Å². The fourth-order valence-corrected chi connectivity index (χ4v) is 3.21. The molecule has 1 aromatic rings. The SMILES string of the molecule is O=C(NCC[C@H]1CCCN(CC2CC2)C1)c1ccncc1. The lowest BCUT2D eigenvalue weighted by atomic mass is 9.94. The molecule has 1 N–H and O–H groups in total. The summed E-state index contributed by atoms with van der Waals surface area (Å²) in [5.74, 6) is 1.74. The minimum Gasteiger partial charge on any atom is -0.352 e. The highest BCUT2D eigenvalue weighted by atomic mass is 16.1. The van der Waals surface area contributed by atoms with Gasteiger partial charge in [-0.3, -0.25) is 9.78 Å². The molecule has 1 aliphatic carbocycles. The molecule has 0 aromatic carbocycles. The van der Waals surface area contributed by atoms with Crippen LogP contribution in [0.15, 0.2) is 24.5 Å². The van der Waals surface area contributed by atoms with Crippen LogP contribution in [0, 0.1) is 11.8 Å². The molecule has 2 aliphatic rings. The van der Waals surface area contributed by atoms with Crippen LogP contribution in [0.5, 0.6) is 0 Å². The first kappa shape index (κ1) is 14.5. The normalized spacial score (nSPS) is 23.0. The second-order valence-electron chi connectivity index (χ2n) is 6.49. The highest BCUT2D eigenvalue weighted by molar-refractivity contribution is 5.93. The van der Waals surface area contributed by atoms with Crippen molar-refractivity contribution in [3.8, 4) is 0 Å². The Bertz CT molecular complexity index is 458. The number of amides is 1. The average Bonchev–Trinajstić information content (AvgIpc) is 3.32.